The Morgan fingerprint density at radius 1 is 1.40 bits per heavy atom. The molecule has 0 heterocycles. The molecule has 1 aliphatic carbocycles. The van der Waals surface area contributed by atoms with Gasteiger partial charge >= 0.3 is 0 Å². The van der Waals surface area contributed by atoms with E-state index in [0.29, 0.717) is 12.5 Å². The smallest absolute Gasteiger partial charge is 0.189 e. The number of rotatable bonds is 3. The molecular formula is C15H23FIN3. The lowest BCUT2D eigenvalue weighted by molar-refractivity contribution is 0.507. The second-order valence-corrected chi connectivity index (χ2v) is 6.37. The third-order valence-electron chi connectivity index (χ3n) is 3.35. The molecule has 3 nitrogen and oxygen atoms in total. The Bertz CT molecular complexity index is 490. The molecule has 5 heteroatoms. The van der Waals surface area contributed by atoms with Crippen LogP contribution in [0.4, 0.5) is 4.39 Å². The Morgan fingerprint density at radius 3 is 2.55 bits per heavy atom. The minimum absolute atomic E-state index is 0. The summed E-state index contributed by atoms with van der Waals surface area (Å²) >= 11 is 0. The van der Waals surface area contributed by atoms with Gasteiger partial charge < -0.3 is 11.1 Å². The SMILES string of the molecule is CC(C)(C)NC(N)=NCC1(c2cccc(F)c2)CC1.I. The molecule has 0 saturated heterocycles. The predicted octanol–water partition coefficient (Wildman–Crippen LogP) is 3.18. The van der Waals surface area contributed by atoms with Crippen LogP contribution in [0.3, 0.4) is 0 Å². The Hall–Kier alpha value is -0.850. The van der Waals surface area contributed by atoms with E-state index in [0.717, 1.165) is 18.4 Å². The first-order valence-corrected chi connectivity index (χ1v) is 6.65. The lowest BCUT2D eigenvalue weighted by Gasteiger charge is -2.22. The van der Waals surface area contributed by atoms with E-state index in [1.807, 2.05) is 26.8 Å². The van der Waals surface area contributed by atoms with E-state index in [9.17, 15) is 4.39 Å². The van der Waals surface area contributed by atoms with Crippen LogP contribution in [0, 0.1) is 5.82 Å². The highest BCUT2D eigenvalue weighted by Gasteiger charge is 2.44. The second kappa shape index (κ2) is 6.28. The van der Waals surface area contributed by atoms with Crippen molar-refractivity contribution in [2.45, 2.75) is 44.6 Å². The van der Waals surface area contributed by atoms with Gasteiger partial charge in [-0.1, -0.05) is 12.1 Å². The molecule has 1 saturated carbocycles. The Labute approximate surface area is 137 Å². The predicted molar refractivity (Wildman–Crippen MR) is 92.1 cm³/mol. The second-order valence-electron chi connectivity index (χ2n) is 6.37. The molecule has 0 atom stereocenters. The summed E-state index contributed by atoms with van der Waals surface area (Å²) in [4.78, 5) is 4.41. The maximum absolute atomic E-state index is 13.3. The number of halogens is 2. The first-order valence-electron chi connectivity index (χ1n) is 6.65. The van der Waals surface area contributed by atoms with Gasteiger partial charge in [0.15, 0.2) is 5.96 Å². The largest absolute Gasteiger partial charge is 0.370 e. The highest BCUT2D eigenvalue weighted by Crippen LogP contribution is 2.48. The number of hydrogen-bond donors (Lipinski definition) is 2. The Morgan fingerprint density at radius 2 is 2.05 bits per heavy atom. The molecule has 0 bridgehead atoms. The van der Waals surface area contributed by atoms with Crippen molar-refractivity contribution in [3.8, 4) is 0 Å². The van der Waals surface area contributed by atoms with Gasteiger partial charge in [0, 0.05) is 11.0 Å². The minimum Gasteiger partial charge on any atom is -0.370 e. The normalized spacial score (nSPS) is 17.3. The van der Waals surface area contributed by atoms with E-state index >= 15 is 0 Å². The summed E-state index contributed by atoms with van der Waals surface area (Å²) in [5.41, 5.74) is 6.79. The Kier molecular flexibility index (Phi) is 5.40. The van der Waals surface area contributed by atoms with Gasteiger partial charge in [0.1, 0.15) is 5.82 Å². The molecule has 1 aromatic rings. The third-order valence-corrected chi connectivity index (χ3v) is 3.35. The highest BCUT2D eigenvalue weighted by atomic mass is 127. The molecule has 0 aromatic heterocycles. The van der Waals surface area contributed by atoms with Gasteiger partial charge in [-0.3, -0.25) is 4.99 Å². The van der Waals surface area contributed by atoms with E-state index in [4.69, 9.17) is 5.73 Å². The van der Waals surface area contributed by atoms with Gasteiger partial charge in [0.05, 0.1) is 6.54 Å². The zero-order chi connectivity index (χ0) is 14.1. The molecule has 0 spiro atoms. The fourth-order valence-corrected chi connectivity index (χ4v) is 2.17. The summed E-state index contributed by atoms with van der Waals surface area (Å²) in [5.74, 6) is 0.267. The lowest BCUT2D eigenvalue weighted by Crippen LogP contribution is -2.45. The number of benzene rings is 1. The molecule has 3 N–H and O–H groups in total. The zero-order valence-corrected chi connectivity index (χ0v) is 14.6. The van der Waals surface area contributed by atoms with Crippen LogP contribution in [0.15, 0.2) is 29.3 Å². The van der Waals surface area contributed by atoms with Gasteiger partial charge in [0.25, 0.3) is 0 Å². The van der Waals surface area contributed by atoms with Gasteiger partial charge in [0.2, 0.25) is 0 Å². The summed E-state index contributed by atoms with van der Waals surface area (Å²) in [6.45, 7) is 6.73. The average Bonchev–Trinajstić information content (AvgIpc) is 3.05. The van der Waals surface area contributed by atoms with Crippen molar-refractivity contribution in [3.63, 3.8) is 0 Å². The summed E-state index contributed by atoms with van der Waals surface area (Å²) in [7, 11) is 0. The molecule has 112 valence electrons. The van der Waals surface area contributed by atoms with E-state index in [1.54, 1.807) is 12.1 Å². The molecule has 20 heavy (non-hydrogen) atoms. The third kappa shape index (κ3) is 4.61. The summed E-state index contributed by atoms with van der Waals surface area (Å²) in [6, 6.07) is 6.80. The fourth-order valence-electron chi connectivity index (χ4n) is 2.17. The van der Waals surface area contributed by atoms with Crippen LogP contribution in [0.25, 0.3) is 0 Å². The van der Waals surface area contributed by atoms with E-state index in [-0.39, 0.29) is 40.7 Å². The topological polar surface area (TPSA) is 50.4 Å². The first kappa shape index (κ1) is 17.2. The van der Waals surface area contributed by atoms with Crippen molar-refractivity contribution >= 4 is 29.9 Å². The van der Waals surface area contributed by atoms with Crippen molar-refractivity contribution in [3.05, 3.63) is 35.6 Å². The van der Waals surface area contributed by atoms with E-state index in [2.05, 4.69) is 10.3 Å². The number of nitrogens with one attached hydrogen (secondary N) is 1. The van der Waals surface area contributed by atoms with Gasteiger partial charge in [-0.05, 0) is 51.3 Å². The molecular weight excluding hydrogens is 368 g/mol. The average molecular weight is 391 g/mol. The summed E-state index contributed by atoms with van der Waals surface area (Å²) < 4.78 is 13.3. The monoisotopic (exact) mass is 391 g/mol. The standard InChI is InChI=1S/C15H22FN3.HI/c1-14(2,3)19-13(17)18-10-15(7-8-15)11-5-4-6-12(16)9-11;/h4-6,9H,7-8,10H2,1-3H3,(H3,17,18,19);1H. The van der Waals surface area contributed by atoms with Crippen LogP contribution in [0.5, 0.6) is 0 Å². The number of hydrogen-bond acceptors (Lipinski definition) is 1. The molecule has 1 fully saturated rings. The van der Waals surface area contributed by atoms with Gasteiger partial charge in [-0.25, -0.2) is 4.39 Å². The van der Waals surface area contributed by atoms with E-state index in [1.165, 1.54) is 6.07 Å². The molecule has 1 aliphatic rings. The maximum atomic E-state index is 13.3. The summed E-state index contributed by atoms with van der Waals surface area (Å²) in [6.07, 6.45) is 2.09. The van der Waals surface area contributed by atoms with Gasteiger partial charge in [-0.2, -0.15) is 0 Å². The van der Waals surface area contributed by atoms with Crippen LogP contribution < -0.4 is 11.1 Å². The van der Waals surface area contributed by atoms with Crippen LogP contribution in [-0.2, 0) is 5.41 Å². The molecule has 0 unspecified atom stereocenters. The number of aliphatic imine (C=N–C) groups is 1. The van der Waals surface area contributed by atoms with Gasteiger partial charge in [-0.15, -0.1) is 24.0 Å². The van der Waals surface area contributed by atoms with Crippen LogP contribution in [0.2, 0.25) is 0 Å². The lowest BCUT2D eigenvalue weighted by atomic mass is 9.96. The maximum Gasteiger partial charge on any atom is 0.189 e. The molecule has 0 aliphatic heterocycles. The van der Waals surface area contributed by atoms with Crippen LogP contribution >= 0.6 is 24.0 Å². The van der Waals surface area contributed by atoms with Crippen molar-refractivity contribution in [2.24, 2.45) is 10.7 Å². The zero-order valence-electron chi connectivity index (χ0n) is 12.2. The molecule has 1 aromatic carbocycles. The number of nitrogens with zero attached hydrogens (tertiary/aromatic N) is 1. The first-order chi connectivity index (χ1) is 8.81. The Balaban J connectivity index is 0.00000200. The van der Waals surface area contributed by atoms with Crippen LogP contribution in [-0.4, -0.2) is 18.0 Å². The molecule has 0 amide bonds. The highest BCUT2D eigenvalue weighted by molar-refractivity contribution is 14.0. The number of nitrogens with two attached hydrogens (primary N) is 1. The quantitative estimate of drug-likeness (QED) is 0.473. The summed E-state index contributed by atoms with van der Waals surface area (Å²) in [5, 5.41) is 3.14. The van der Waals surface area contributed by atoms with Crippen molar-refractivity contribution < 1.29 is 4.39 Å². The minimum atomic E-state index is -0.187. The van der Waals surface area contributed by atoms with Crippen molar-refractivity contribution in [2.75, 3.05) is 6.54 Å². The molecule has 0 radical (unpaired) electrons. The number of guanidine groups is 1. The molecule has 2 rings (SSSR count). The van der Waals surface area contributed by atoms with Crippen molar-refractivity contribution in [1.29, 1.82) is 0 Å². The van der Waals surface area contributed by atoms with Crippen LogP contribution in [0.1, 0.15) is 39.2 Å². The fraction of sp³-hybridized carbons (Fsp3) is 0.533. The van der Waals surface area contributed by atoms with Crippen molar-refractivity contribution in [1.82, 2.24) is 5.32 Å². The van der Waals surface area contributed by atoms with E-state index < -0.39 is 0 Å².